The third-order valence-corrected chi connectivity index (χ3v) is 4.96. The van der Waals surface area contributed by atoms with Crippen molar-refractivity contribution in [2.45, 2.75) is 30.8 Å². The Morgan fingerprint density at radius 2 is 1.65 bits per heavy atom. The smallest absolute Gasteiger partial charge is 0.119 e. The van der Waals surface area contributed by atoms with Crippen LogP contribution in [0.1, 0.15) is 25.3 Å². The zero-order valence-electron chi connectivity index (χ0n) is 13.8. The standard InChI is InChI=1S/C19H23ClO2S/c1-14(2)15-4-8-17(9-5-15)22-12-18(21-3)13-23-19-10-6-16(20)7-11-19/h4-11,14,18H,12-13H2,1-3H3. The van der Waals surface area contributed by atoms with Crippen molar-refractivity contribution in [3.8, 4) is 5.75 Å². The van der Waals surface area contributed by atoms with Crippen LogP contribution in [0.25, 0.3) is 0 Å². The second-order valence-electron chi connectivity index (χ2n) is 5.66. The minimum absolute atomic E-state index is 0.0421. The second kappa shape index (κ2) is 9.21. The van der Waals surface area contributed by atoms with Crippen LogP contribution in [0.4, 0.5) is 0 Å². The van der Waals surface area contributed by atoms with Crippen LogP contribution in [0.2, 0.25) is 5.02 Å². The Kier molecular flexibility index (Phi) is 7.28. The number of hydrogen-bond acceptors (Lipinski definition) is 3. The Morgan fingerprint density at radius 1 is 1.00 bits per heavy atom. The molecule has 1 unspecified atom stereocenters. The summed E-state index contributed by atoms with van der Waals surface area (Å²) < 4.78 is 11.3. The van der Waals surface area contributed by atoms with Crippen molar-refractivity contribution < 1.29 is 9.47 Å². The maximum absolute atomic E-state index is 5.90. The van der Waals surface area contributed by atoms with Gasteiger partial charge in [-0.2, -0.15) is 0 Å². The summed E-state index contributed by atoms with van der Waals surface area (Å²) in [5.41, 5.74) is 1.32. The number of thioether (sulfide) groups is 1. The average molecular weight is 351 g/mol. The Balaban J connectivity index is 1.81. The van der Waals surface area contributed by atoms with Gasteiger partial charge in [0, 0.05) is 22.8 Å². The quantitative estimate of drug-likeness (QED) is 0.573. The fourth-order valence-corrected chi connectivity index (χ4v) is 3.11. The summed E-state index contributed by atoms with van der Waals surface area (Å²) in [5.74, 6) is 2.25. The van der Waals surface area contributed by atoms with Crippen molar-refractivity contribution in [1.29, 1.82) is 0 Å². The highest BCUT2D eigenvalue weighted by Gasteiger charge is 2.10. The molecule has 23 heavy (non-hydrogen) atoms. The number of methoxy groups -OCH3 is 1. The van der Waals surface area contributed by atoms with E-state index < -0.39 is 0 Å². The predicted molar refractivity (Wildman–Crippen MR) is 99.0 cm³/mol. The topological polar surface area (TPSA) is 18.5 Å². The zero-order chi connectivity index (χ0) is 16.7. The number of ether oxygens (including phenoxy) is 2. The van der Waals surface area contributed by atoms with Crippen molar-refractivity contribution >= 4 is 23.4 Å². The lowest BCUT2D eigenvalue weighted by atomic mass is 10.0. The van der Waals surface area contributed by atoms with Gasteiger partial charge in [0.05, 0.1) is 0 Å². The van der Waals surface area contributed by atoms with E-state index in [9.17, 15) is 0 Å². The lowest BCUT2D eigenvalue weighted by molar-refractivity contribution is 0.0750. The van der Waals surface area contributed by atoms with E-state index in [1.54, 1.807) is 18.9 Å². The molecule has 0 aromatic heterocycles. The predicted octanol–water partition coefficient (Wildman–Crippen LogP) is 5.65. The largest absolute Gasteiger partial charge is 0.491 e. The van der Waals surface area contributed by atoms with Crippen molar-refractivity contribution in [2.75, 3.05) is 19.5 Å². The van der Waals surface area contributed by atoms with Crippen LogP contribution in [0.15, 0.2) is 53.4 Å². The molecule has 124 valence electrons. The fraction of sp³-hybridized carbons (Fsp3) is 0.368. The molecular formula is C19H23ClO2S. The Bertz CT molecular complexity index is 581. The van der Waals surface area contributed by atoms with Gasteiger partial charge in [-0.3, -0.25) is 0 Å². The molecule has 0 heterocycles. The molecule has 1 atom stereocenters. The molecule has 0 bridgehead atoms. The van der Waals surface area contributed by atoms with Gasteiger partial charge in [-0.25, -0.2) is 0 Å². The maximum atomic E-state index is 5.90. The summed E-state index contributed by atoms with van der Waals surface area (Å²) in [7, 11) is 1.72. The zero-order valence-corrected chi connectivity index (χ0v) is 15.4. The van der Waals surface area contributed by atoms with Gasteiger partial charge in [-0.1, -0.05) is 37.6 Å². The van der Waals surface area contributed by atoms with Gasteiger partial charge in [0.2, 0.25) is 0 Å². The molecule has 0 aliphatic rings. The highest BCUT2D eigenvalue weighted by Crippen LogP contribution is 2.22. The van der Waals surface area contributed by atoms with E-state index in [0.29, 0.717) is 12.5 Å². The molecule has 0 radical (unpaired) electrons. The van der Waals surface area contributed by atoms with E-state index in [0.717, 1.165) is 16.5 Å². The molecule has 4 heteroatoms. The van der Waals surface area contributed by atoms with Gasteiger partial charge >= 0.3 is 0 Å². The first kappa shape index (κ1) is 18.2. The van der Waals surface area contributed by atoms with Crippen LogP contribution in [-0.4, -0.2) is 25.6 Å². The minimum atomic E-state index is 0.0421. The van der Waals surface area contributed by atoms with Gasteiger partial charge in [0.25, 0.3) is 0 Å². The van der Waals surface area contributed by atoms with Crippen molar-refractivity contribution in [2.24, 2.45) is 0 Å². The third kappa shape index (κ3) is 6.09. The molecule has 2 nitrogen and oxygen atoms in total. The summed E-state index contributed by atoms with van der Waals surface area (Å²) in [6, 6.07) is 16.1. The van der Waals surface area contributed by atoms with Crippen molar-refractivity contribution in [3.05, 3.63) is 59.1 Å². The average Bonchev–Trinajstić information content (AvgIpc) is 2.57. The number of benzene rings is 2. The molecule has 0 fully saturated rings. The van der Waals surface area contributed by atoms with Crippen molar-refractivity contribution in [3.63, 3.8) is 0 Å². The molecule has 0 N–H and O–H groups in total. The summed E-state index contributed by atoms with van der Waals surface area (Å²) in [6.07, 6.45) is 0.0421. The van der Waals surface area contributed by atoms with Crippen LogP contribution in [0.3, 0.4) is 0 Å². The number of halogens is 1. The molecule has 0 aliphatic heterocycles. The first-order chi connectivity index (χ1) is 11.1. The van der Waals surface area contributed by atoms with Crippen LogP contribution in [-0.2, 0) is 4.74 Å². The molecule has 2 aromatic rings. The second-order valence-corrected chi connectivity index (χ2v) is 7.19. The lowest BCUT2D eigenvalue weighted by Crippen LogP contribution is -2.22. The first-order valence-corrected chi connectivity index (χ1v) is 9.08. The van der Waals surface area contributed by atoms with E-state index in [2.05, 4.69) is 26.0 Å². The van der Waals surface area contributed by atoms with Crippen LogP contribution in [0.5, 0.6) is 5.75 Å². The molecule has 0 saturated heterocycles. The summed E-state index contributed by atoms with van der Waals surface area (Å²) in [6.45, 7) is 4.91. The van der Waals surface area contributed by atoms with Crippen LogP contribution < -0.4 is 4.74 Å². The Hall–Kier alpha value is -1.16. The number of hydrogen-bond donors (Lipinski definition) is 0. The first-order valence-electron chi connectivity index (χ1n) is 7.72. The summed E-state index contributed by atoms with van der Waals surface area (Å²) in [5, 5.41) is 0.755. The van der Waals surface area contributed by atoms with E-state index in [-0.39, 0.29) is 6.10 Å². The normalized spacial score (nSPS) is 12.4. The molecule has 2 rings (SSSR count). The Labute approximate surface area is 148 Å². The lowest BCUT2D eigenvalue weighted by Gasteiger charge is -2.16. The van der Waals surface area contributed by atoms with E-state index in [1.165, 1.54) is 10.5 Å². The SMILES string of the molecule is COC(COc1ccc(C(C)C)cc1)CSc1ccc(Cl)cc1. The van der Waals surface area contributed by atoms with Gasteiger partial charge < -0.3 is 9.47 Å². The maximum Gasteiger partial charge on any atom is 0.119 e. The van der Waals surface area contributed by atoms with E-state index in [4.69, 9.17) is 21.1 Å². The highest BCUT2D eigenvalue weighted by molar-refractivity contribution is 7.99. The minimum Gasteiger partial charge on any atom is -0.491 e. The van der Waals surface area contributed by atoms with Crippen LogP contribution in [0, 0.1) is 0 Å². The Morgan fingerprint density at radius 3 is 2.22 bits per heavy atom. The third-order valence-electron chi connectivity index (χ3n) is 3.57. The van der Waals surface area contributed by atoms with E-state index in [1.807, 2.05) is 36.4 Å². The van der Waals surface area contributed by atoms with Crippen molar-refractivity contribution in [1.82, 2.24) is 0 Å². The van der Waals surface area contributed by atoms with Gasteiger partial charge in [0.15, 0.2) is 0 Å². The number of rotatable bonds is 8. The highest BCUT2D eigenvalue weighted by atomic mass is 35.5. The van der Waals surface area contributed by atoms with Gasteiger partial charge in [0.1, 0.15) is 18.5 Å². The van der Waals surface area contributed by atoms with Gasteiger partial charge in [-0.05, 0) is 47.9 Å². The van der Waals surface area contributed by atoms with Gasteiger partial charge in [-0.15, -0.1) is 11.8 Å². The molecule has 0 amide bonds. The molecule has 2 aromatic carbocycles. The fourth-order valence-electron chi connectivity index (χ4n) is 2.04. The molecule has 0 spiro atoms. The molecular weight excluding hydrogens is 328 g/mol. The van der Waals surface area contributed by atoms with E-state index >= 15 is 0 Å². The monoisotopic (exact) mass is 350 g/mol. The molecule has 0 aliphatic carbocycles. The summed E-state index contributed by atoms with van der Waals surface area (Å²) in [4.78, 5) is 1.18. The molecule has 0 saturated carbocycles. The van der Waals surface area contributed by atoms with Crippen LogP contribution >= 0.6 is 23.4 Å². The summed E-state index contributed by atoms with van der Waals surface area (Å²) >= 11 is 7.64.